The van der Waals surface area contributed by atoms with Crippen molar-refractivity contribution in [1.82, 2.24) is 0 Å². The topological polar surface area (TPSA) is 69.4 Å². The molecule has 0 N–H and O–H groups in total. The van der Waals surface area contributed by atoms with Gasteiger partial charge in [0.25, 0.3) is 5.09 Å². The zero-order chi connectivity index (χ0) is 7.56. The predicted octanol–water partition coefficient (Wildman–Crippen LogP) is -0.284. The molecule has 0 amide bonds. The highest BCUT2D eigenvalue weighted by Gasteiger charge is 2.23. The lowest BCUT2D eigenvalue weighted by molar-refractivity contribution is -0.767. The summed E-state index contributed by atoms with van der Waals surface area (Å²) in [5, 5.41) is 8.92. The minimum atomic E-state index is -0.899. The van der Waals surface area contributed by atoms with Crippen molar-refractivity contribution in [2.45, 2.75) is 12.5 Å². The summed E-state index contributed by atoms with van der Waals surface area (Å²) in [4.78, 5) is 14.0. The Bertz CT molecular complexity index is 171. The van der Waals surface area contributed by atoms with Crippen LogP contribution in [-0.4, -0.2) is 26.9 Å². The summed E-state index contributed by atoms with van der Waals surface area (Å²) in [6.45, 7) is 0. The van der Waals surface area contributed by atoms with E-state index in [1.807, 2.05) is 0 Å². The summed E-state index contributed by atoms with van der Waals surface area (Å²) in [6, 6.07) is 0. The molecule has 6 heteroatoms. The molecule has 2 unspecified atom stereocenters. The quantitative estimate of drug-likeness (QED) is 0.416. The molecule has 10 heavy (non-hydrogen) atoms. The van der Waals surface area contributed by atoms with Gasteiger partial charge in [-0.05, 0) is 6.42 Å². The van der Waals surface area contributed by atoms with Crippen LogP contribution in [0.1, 0.15) is 6.42 Å². The van der Waals surface area contributed by atoms with Crippen molar-refractivity contribution in [1.29, 1.82) is 0 Å². The second-order valence-corrected chi connectivity index (χ2v) is 3.67. The van der Waals surface area contributed by atoms with Gasteiger partial charge in [0.2, 0.25) is 0 Å². The summed E-state index contributed by atoms with van der Waals surface area (Å²) >= 11 is 0. The van der Waals surface area contributed by atoms with Crippen molar-refractivity contribution in [2.24, 2.45) is 0 Å². The van der Waals surface area contributed by atoms with Gasteiger partial charge in [0, 0.05) is 16.6 Å². The van der Waals surface area contributed by atoms with Crippen molar-refractivity contribution in [3.63, 3.8) is 0 Å². The Morgan fingerprint density at radius 1 is 1.70 bits per heavy atom. The molecule has 0 spiro atoms. The minimum absolute atomic E-state index is 0.307. The van der Waals surface area contributed by atoms with E-state index in [2.05, 4.69) is 4.84 Å². The second-order valence-electron chi connectivity index (χ2n) is 2.05. The summed E-state index contributed by atoms with van der Waals surface area (Å²) in [5.74, 6) is 0.833. The molecule has 0 aliphatic carbocycles. The molecule has 0 bridgehead atoms. The Labute approximate surface area is 59.9 Å². The van der Waals surface area contributed by atoms with Crippen LogP contribution in [0.4, 0.5) is 0 Å². The molecule has 0 aromatic rings. The van der Waals surface area contributed by atoms with E-state index in [0.717, 1.165) is 0 Å². The van der Waals surface area contributed by atoms with E-state index in [1.54, 1.807) is 0 Å². The third-order valence-corrected chi connectivity index (χ3v) is 2.71. The van der Waals surface area contributed by atoms with Crippen LogP contribution in [0.2, 0.25) is 0 Å². The summed E-state index contributed by atoms with van der Waals surface area (Å²) < 4.78 is 10.6. The van der Waals surface area contributed by atoms with Gasteiger partial charge in [0.1, 0.15) is 6.10 Å². The van der Waals surface area contributed by atoms with E-state index in [0.29, 0.717) is 17.9 Å². The fraction of sp³-hybridized carbons (Fsp3) is 1.00. The Morgan fingerprint density at radius 2 is 2.40 bits per heavy atom. The normalized spacial score (nSPS) is 32.0. The Hall–Kier alpha value is -0.650. The lowest BCUT2D eigenvalue weighted by Crippen LogP contribution is -2.16. The first-order chi connectivity index (χ1) is 4.68. The smallest absolute Gasteiger partial charge is 0.294 e. The lowest BCUT2D eigenvalue weighted by atomic mass is 10.3. The first kappa shape index (κ1) is 7.46. The average Bonchev–Trinajstić information content (AvgIpc) is 2.13. The Kier molecular flexibility index (Phi) is 2.21. The van der Waals surface area contributed by atoms with Gasteiger partial charge in [0.15, 0.2) is 0 Å². The summed E-state index contributed by atoms with van der Waals surface area (Å²) in [7, 11) is -0.899. The second kappa shape index (κ2) is 2.96. The first-order valence-electron chi connectivity index (χ1n) is 2.84. The minimum Gasteiger partial charge on any atom is -0.310 e. The molecule has 0 aromatic carbocycles. The highest BCUT2D eigenvalue weighted by molar-refractivity contribution is 7.85. The largest absolute Gasteiger partial charge is 0.310 e. The molecule has 1 aliphatic rings. The maximum Gasteiger partial charge on any atom is 0.294 e. The fourth-order valence-corrected chi connectivity index (χ4v) is 2.18. The number of rotatable bonds is 2. The third kappa shape index (κ3) is 1.94. The predicted molar refractivity (Wildman–Crippen MR) is 34.4 cm³/mol. The number of hydrogen-bond donors (Lipinski definition) is 0. The average molecular weight is 165 g/mol. The Morgan fingerprint density at radius 3 is 2.80 bits per heavy atom. The maximum absolute atomic E-state index is 10.6. The first-order valence-corrected chi connectivity index (χ1v) is 4.33. The molecule has 5 nitrogen and oxygen atoms in total. The van der Waals surface area contributed by atoms with E-state index in [9.17, 15) is 14.3 Å². The maximum atomic E-state index is 10.6. The molecule has 0 radical (unpaired) electrons. The van der Waals surface area contributed by atoms with Gasteiger partial charge >= 0.3 is 0 Å². The third-order valence-electron chi connectivity index (χ3n) is 1.27. The van der Waals surface area contributed by atoms with E-state index in [1.165, 1.54) is 0 Å². The van der Waals surface area contributed by atoms with Crippen LogP contribution in [0.5, 0.6) is 0 Å². The molecule has 1 aliphatic heterocycles. The van der Waals surface area contributed by atoms with Crippen LogP contribution in [-0.2, 0) is 15.6 Å². The van der Waals surface area contributed by atoms with E-state index in [-0.39, 0.29) is 0 Å². The molecule has 2 atom stereocenters. The lowest BCUT2D eigenvalue weighted by Gasteiger charge is -2.02. The van der Waals surface area contributed by atoms with Gasteiger partial charge in [0.05, 0.1) is 5.75 Å². The van der Waals surface area contributed by atoms with Crippen molar-refractivity contribution in [3.05, 3.63) is 10.1 Å². The van der Waals surface area contributed by atoms with E-state index in [4.69, 9.17) is 0 Å². The molecular weight excluding hydrogens is 158 g/mol. The van der Waals surface area contributed by atoms with E-state index >= 15 is 0 Å². The molecule has 0 saturated carbocycles. The van der Waals surface area contributed by atoms with Gasteiger partial charge in [-0.2, -0.15) is 0 Å². The summed E-state index contributed by atoms with van der Waals surface area (Å²) in [5.41, 5.74) is 0. The highest BCUT2D eigenvalue weighted by atomic mass is 32.2. The van der Waals surface area contributed by atoms with Crippen molar-refractivity contribution >= 4 is 10.8 Å². The molecule has 58 valence electrons. The van der Waals surface area contributed by atoms with Gasteiger partial charge in [-0.1, -0.05) is 0 Å². The van der Waals surface area contributed by atoms with Crippen LogP contribution in [0.3, 0.4) is 0 Å². The SMILES string of the molecule is O=[N+]([O-])OC1CCS(=O)C1. The van der Waals surface area contributed by atoms with Crippen molar-refractivity contribution in [3.8, 4) is 0 Å². The van der Waals surface area contributed by atoms with Gasteiger partial charge in [-0.3, -0.25) is 4.21 Å². The zero-order valence-electron chi connectivity index (χ0n) is 5.19. The van der Waals surface area contributed by atoms with Gasteiger partial charge in [-0.25, -0.2) is 0 Å². The molecule has 1 fully saturated rings. The van der Waals surface area contributed by atoms with Crippen molar-refractivity contribution in [2.75, 3.05) is 11.5 Å². The standard InChI is InChI=1S/C4H7NO4S/c6-5(7)9-4-1-2-10(8)3-4/h4H,1-3H2. The van der Waals surface area contributed by atoms with Gasteiger partial charge < -0.3 is 4.84 Å². The Balaban J connectivity index is 2.31. The number of nitrogens with zero attached hydrogens (tertiary/aromatic N) is 1. The summed E-state index contributed by atoms with van der Waals surface area (Å²) in [6.07, 6.45) is 0.101. The zero-order valence-corrected chi connectivity index (χ0v) is 6.00. The van der Waals surface area contributed by atoms with Crippen LogP contribution >= 0.6 is 0 Å². The van der Waals surface area contributed by atoms with Crippen LogP contribution in [0.25, 0.3) is 0 Å². The molecule has 1 heterocycles. The van der Waals surface area contributed by atoms with Crippen molar-refractivity contribution < 1.29 is 14.1 Å². The fourth-order valence-electron chi connectivity index (χ4n) is 0.842. The highest BCUT2D eigenvalue weighted by Crippen LogP contribution is 2.10. The van der Waals surface area contributed by atoms with E-state index < -0.39 is 22.0 Å². The van der Waals surface area contributed by atoms with Crippen LogP contribution in [0.15, 0.2) is 0 Å². The molecular formula is C4H7NO4S. The monoisotopic (exact) mass is 165 g/mol. The van der Waals surface area contributed by atoms with Gasteiger partial charge in [-0.15, -0.1) is 10.1 Å². The number of hydrogen-bond acceptors (Lipinski definition) is 4. The molecule has 0 aromatic heterocycles. The van der Waals surface area contributed by atoms with Crippen LogP contribution in [0, 0.1) is 10.1 Å². The molecule has 1 rings (SSSR count). The van der Waals surface area contributed by atoms with Crippen LogP contribution < -0.4 is 0 Å². The molecule has 1 saturated heterocycles.